The van der Waals surface area contributed by atoms with E-state index in [9.17, 15) is 18.8 Å². The average Bonchev–Trinajstić information content (AvgIpc) is 3.97. The fraction of sp³-hybridized carbons (Fsp3) is 0.500. The fourth-order valence-electron chi connectivity index (χ4n) is 8.23. The number of hydrogen-bond acceptors (Lipinski definition) is 6. The van der Waals surface area contributed by atoms with Gasteiger partial charge in [0.2, 0.25) is 11.8 Å². The monoisotopic (exact) mass is 680 g/mol. The summed E-state index contributed by atoms with van der Waals surface area (Å²) in [5.74, 6) is -0.441. The molecule has 50 heavy (non-hydrogen) atoms. The molecule has 4 atom stereocenters. The van der Waals surface area contributed by atoms with Gasteiger partial charge in [-0.25, -0.2) is 9.37 Å². The van der Waals surface area contributed by atoms with E-state index in [-0.39, 0.29) is 53.2 Å². The van der Waals surface area contributed by atoms with Crippen LogP contribution < -0.4 is 15.5 Å². The Morgan fingerprint density at radius 1 is 1.06 bits per heavy atom. The van der Waals surface area contributed by atoms with Crippen LogP contribution in [0.4, 0.5) is 10.1 Å². The Hall–Kier alpha value is -4.31. The van der Waals surface area contributed by atoms with E-state index in [1.807, 2.05) is 6.92 Å². The Morgan fingerprint density at radius 2 is 1.82 bits per heavy atom. The molecule has 2 aliphatic heterocycles. The van der Waals surface area contributed by atoms with E-state index in [1.165, 1.54) is 42.8 Å². The maximum absolute atomic E-state index is 14.1. The van der Waals surface area contributed by atoms with E-state index in [2.05, 4.69) is 83.7 Å². The molecular formula is C40H49FN6O3. The number of pyridine rings is 1. The molecule has 2 aliphatic carbocycles. The lowest BCUT2D eigenvalue weighted by atomic mass is 9.96. The molecular weight excluding hydrogens is 631 g/mol. The number of anilines is 1. The molecule has 2 saturated carbocycles. The van der Waals surface area contributed by atoms with Crippen LogP contribution >= 0.6 is 0 Å². The van der Waals surface area contributed by atoms with E-state index < -0.39 is 11.9 Å². The largest absolute Gasteiger partial charge is 0.371 e. The molecule has 4 fully saturated rings. The maximum atomic E-state index is 14.1. The lowest BCUT2D eigenvalue weighted by Crippen LogP contribution is -2.52. The third-order valence-corrected chi connectivity index (χ3v) is 11.8. The molecule has 2 aromatic carbocycles. The van der Waals surface area contributed by atoms with Crippen molar-refractivity contribution in [2.24, 2.45) is 23.2 Å². The minimum absolute atomic E-state index is 0.0436. The molecule has 9 nitrogen and oxygen atoms in total. The number of piperidine rings is 2. The van der Waals surface area contributed by atoms with Crippen molar-refractivity contribution >= 4 is 40.4 Å². The number of aromatic nitrogens is 1. The SMILES string of the molecule is C[C@H](NC(=O)[C@@H]1[C@@H]2[C@H](CN1C(=O)CNC(=O)c1ccc3cc(F)ccc3n1)C2(C)C)c1ccc(N(C)C2CCN(C)CC2)cc1/C=C/C1CC1. The van der Waals surface area contributed by atoms with Crippen LogP contribution in [0.1, 0.15) is 74.1 Å². The zero-order chi connectivity index (χ0) is 35.3. The summed E-state index contributed by atoms with van der Waals surface area (Å²) < 4.78 is 13.6. The Balaban J connectivity index is 1.04. The number of likely N-dealkylation sites (tertiary alicyclic amines) is 2. The van der Waals surface area contributed by atoms with Crippen LogP contribution in [0, 0.1) is 29.0 Å². The van der Waals surface area contributed by atoms with Crippen molar-refractivity contribution in [3.05, 3.63) is 77.2 Å². The molecule has 0 spiro atoms. The molecule has 1 aromatic heterocycles. The fourth-order valence-corrected chi connectivity index (χ4v) is 8.23. The number of halogens is 1. The third kappa shape index (κ3) is 6.87. The molecule has 3 heterocycles. The van der Waals surface area contributed by atoms with E-state index in [1.54, 1.807) is 11.0 Å². The highest BCUT2D eigenvalue weighted by Crippen LogP contribution is 2.64. The van der Waals surface area contributed by atoms with Crippen molar-refractivity contribution in [1.29, 1.82) is 0 Å². The predicted molar refractivity (Wildman–Crippen MR) is 194 cm³/mol. The van der Waals surface area contributed by atoms with E-state index in [0.29, 0.717) is 29.4 Å². The molecule has 2 N–H and O–H groups in total. The van der Waals surface area contributed by atoms with Crippen LogP contribution in [0.3, 0.4) is 0 Å². The summed E-state index contributed by atoms with van der Waals surface area (Å²) in [7, 11) is 4.37. The Morgan fingerprint density at radius 3 is 2.56 bits per heavy atom. The number of fused-ring (bicyclic) bond motifs is 2. The van der Waals surface area contributed by atoms with Crippen LogP contribution in [0.2, 0.25) is 0 Å². The van der Waals surface area contributed by atoms with Crippen molar-refractivity contribution < 1.29 is 18.8 Å². The van der Waals surface area contributed by atoms with Crippen LogP contribution in [-0.2, 0) is 9.59 Å². The molecule has 2 saturated heterocycles. The van der Waals surface area contributed by atoms with Crippen molar-refractivity contribution in [2.45, 2.75) is 64.6 Å². The van der Waals surface area contributed by atoms with Gasteiger partial charge in [0.15, 0.2) is 0 Å². The first-order valence-electron chi connectivity index (χ1n) is 18.1. The van der Waals surface area contributed by atoms with Gasteiger partial charge >= 0.3 is 0 Å². The molecule has 4 aliphatic rings. The number of carbonyl (C=O) groups is 3. The smallest absolute Gasteiger partial charge is 0.270 e. The first-order chi connectivity index (χ1) is 23.9. The normalized spacial score (nSPS) is 23.9. The summed E-state index contributed by atoms with van der Waals surface area (Å²) in [6.07, 6.45) is 9.22. The Labute approximate surface area is 294 Å². The standard InChI is InChI=1S/C40H49FN6O3/c1-24(31-13-12-30(21-26(31)9-8-25-6-7-25)46(5)29-16-18-45(4)19-17-29)43-39(50)37-36-32(40(36,2)3)23-47(37)35(48)22-42-38(49)34-14-10-27-20-28(41)11-15-33(27)44-34/h8-15,20-21,24-25,29,32,36-37H,6-7,16-19,22-23H2,1-5H3,(H,42,49)(H,43,50)/b9-8+/t24-,32-,36-,37-/m0/s1. The highest BCUT2D eigenvalue weighted by atomic mass is 19.1. The van der Waals surface area contributed by atoms with Gasteiger partial charge in [-0.05, 0) is 123 Å². The van der Waals surface area contributed by atoms with Gasteiger partial charge in [0.05, 0.1) is 18.1 Å². The topological polar surface area (TPSA) is 97.9 Å². The van der Waals surface area contributed by atoms with Crippen LogP contribution in [-0.4, -0.2) is 84.9 Å². The summed E-state index contributed by atoms with van der Waals surface area (Å²) >= 11 is 0. The summed E-state index contributed by atoms with van der Waals surface area (Å²) in [6.45, 7) is 8.77. The first kappa shape index (κ1) is 34.2. The summed E-state index contributed by atoms with van der Waals surface area (Å²) in [4.78, 5) is 51.4. The second-order valence-corrected chi connectivity index (χ2v) is 15.5. The second-order valence-electron chi connectivity index (χ2n) is 15.5. The molecule has 10 heteroatoms. The number of nitrogens with one attached hydrogen (secondary N) is 2. The molecule has 7 rings (SSSR count). The Kier molecular flexibility index (Phi) is 9.18. The number of amides is 3. The summed E-state index contributed by atoms with van der Waals surface area (Å²) in [6, 6.07) is 13.5. The van der Waals surface area contributed by atoms with Gasteiger partial charge in [0.1, 0.15) is 17.6 Å². The minimum atomic E-state index is -0.615. The number of carbonyl (C=O) groups excluding carboxylic acids is 3. The predicted octanol–water partition coefficient (Wildman–Crippen LogP) is 5.42. The number of benzene rings is 2. The summed E-state index contributed by atoms with van der Waals surface area (Å²) in [5.41, 5.74) is 3.93. The molecule has 0 radical (unpaired) electrons. The number of rotatable bonds is 10. The van der Waals surface area contributed by atoms with Gasteiger partial charge in [-0.3, -0.25) is 14.4 Å². The number of hydrogen-bond donors (Lipinski definition) is 2. The van der Waals surface area contributed by atoms with E-state index in [0.717, 1.165) is 37.1 Å². The van der Waals surface area contributed by atoms with Crippen molar-refractivity contribution in [2.75, 3.05) is 45.2 Å². The molecule has 3 amide bonds. The maximum Gasteiger partial charge on any atom is 0.270 e. The molecule has 0 unspecified atom stereocenters. The molecule has 264 valence electrons. The van der Waals surface area contributed by atoms with E-state index >= 15 is 0 Å². The summed E-state index contributed by atoms with van der Waals surface area (Å²) in [5, 5.41) is 6.56. The van der Waals surface area contributed by atoms with Gasteiger partial charge in [0, 0.05) is 30.7 Å². The van der Waals surface area contributed by atoms with Gasteiger partial charge in [-0.2, -0.15) is 0 Å². The molecule has 0 bridgehead atoms. The zero-order valence-corrected chi connectivity index (χ0v) is 29.8. The minimum Gasteiger partial charge on any atom is -0.371 e. The van der Waals surface area contributed by atoms with Crippen LogP contribution in [0.25, 0.3) is 17.0 Å². The highest BCUT2D eigenvalue weighted by molar-refractivity contribution is 5.98. The van der Waals surface area contributed by atoms with Gasteiger partial charge in [-0.15, -0.1) is 0 Å². The first-order valence-corrected chi connectivity index (χ1v) is 18.1. The number of nitrogens with zero attached hydrogens (tertiary/aromatic N) is 4. The van der Waals surface area contributed by atoms with E-state index in [4.69, 9.17) is 0 Å². The van der Waals surface area contributed by atoms with Crippen LogP contribution in [0.15, 0.2) is 54.6 Å². The van der Waals surface area contributed by atoms with Crippen molar-refractivity contribution in [3.8, 4) is 0 Å². The highest BCUT2D eigenvalue weighted by Gasteiger charge is 2.69. The van der Waals surface area contributed by atoms with Crippen molar-refractivity contribution in [1.82, 2.24) is 25.4 Å². The van der Waals surface area contributed by atoms with Gasteiger partial charge in [-0.1, -0.05) is 38.1 Å². The van der Waals surface area contributed by atoms with Crippen LogP contribution in [0.5, 0.6) is 0 Å². The zero-order valence-electron chi connectivity index (χ0n) is 29.8. The average molecular weight is 681 g/mol. The molecule has 3 aromatic rings. The number of allylic oxidation sites excluding steroid dienone is 1. The lowest BCUT2D eigenvalue weighted by Gasteiger charge is -2.36. The third-order valence-electron chi connectivity index (χ3n) is 11.8. The quantitative estimate of drug-likeness (QED) is 0.297. The van der Waals surface area contributed by atoms with Gasteiger partial charge in [0.25, 0.3) is 5.91 Å². The van der Waals surface area contributed by atoms with Crippen molar-refractivity contribution in [3.63, 3.8) is 0 Å². The lowest BCUT2D eigenvalue weighted by molar-refractivity contribution is -0.139. The van der Waals surface area contributed by atoms with Gasteiger partial charge < -0.3 is 25.3 Å². The Bertz CT molecular complexity index is 1830. The second kappa shape index (κ2) is 13.4.